The fourth-order valence-corrected chi connectivity index (χ4v) is 7.37. The Balaban J connectivity index is 0.000000181. The normalized spacial score (nSPS) is 12.6. The number of benzene rings is 4. The summed E-state index contributed by atoms with van der Waals surface area (Å²) in [5.74, 6) is 0.303. The highest BCUT2D eigenvalue weighted by molar-refractivity contribution is 6.08. The van der Waals surface area contributed by atoms with Crippen LogP contribution >= 0.6 is 0 Å². The van der Waals surface area contributed by atoms with Crippen LogP contribution in [-0.4, -0.2) is 40.4 Å². The molecule has 0 aliphatic heterocycles. The van der Waals surface area contributed by atoms with E-state index in [-0.39, 0.29) is 44.7 Å². The van der Waals surface area contributed by atoms with Gasteiger partial charge >= 0.3 is 0 Å². The van der Waals surface area contributed by atoms with Gasteiger partial charge in [0.2, 0.25) is 0 Å². The minimum absolute atomic E-state index is 0.0758. The molecule has 4 heterocycles. The number of aromatic nitrogens is 4. The lowest BCUT2D eigenvalue weighted by molar-refractivity contribution is 0.470. The monoisotopic (exact) mass is 800 g/mol. The van der Waals surface area contributed by atoms with Crippen LogP contribution in [0.2, 0.25) is 0 Å². The van der Waals surface area contributed by atoms with Crippen molar-refractivity contribution in [1.29, 1.82) is 0 Å². The summed E-state index contributed by atoms with van der Waals surface area (Å²) in [6, 6.07) is 30.2. The van der Waals surface area contributed by atoms with Gasteiger partial charge < -0.3 is 20.4 Å². The Labute approximate surface area is 352 Å². The summed E-state index contributed by atoms with van der Waals surface area (Å²) in [5, 5.41) is 47.2. The van der Waals surface area contributed by atoms with Crippen LogP contribution < -0.4 is 0 Å². The molecule has 0 amide bonds. The lowest BCUT2D eigenvalue weighted by atomic mass is 9.89. The van der Waals surface area contributed by atoms with Crippen molar-refractivity contribution in [2.75, 3.05) is 0 Å². The van der Waals surface area contributed by atoms with E-state index in [1.165, 1.54) is 0 Å². The van der Waals surface area contributed by atoms with Crippen molar-refractivity contribution in [2.24, 2.45) is 0 Å². The molecule has 0 saturated heterocycles. The summed E-state index contributed by atoms with van der Waals surface area (Å²) in [6.07, 6.45) is 0. The molecular formula is C52H56N4O4. The van der Waals surface area contributed by atoms with Crippen molar-refractivity contribution < 1.29 is 20.4 Å². The molecule has 308 valence electrons. The van der Waals surface area contributed by atoms with Crippen LogP contribution in [0, 0.1) is 0 Å². The van der Waals surface area contributed by atoms with E-state index in [2.05, 4.69) is 83.1 Å². The Morgan fingerprint density at radius 1 is 0.267 bits per heavy atom. The average molecular weight is 801 g/mol. The summed E-state index contributed by atoms with van der Waals surface area (Å²) in [7, 11) is 0. The zero-order chi connectivity index (χ0) is 43.7. The third-order valence-electron chi connectivity index (χ3n) is 10.9. The van der Waals surface area contributed by atoms with Crippen molar-refractivity contribution >= 4 is 43.6 Å². The van der Waals surface area contributed by atoms with Crippen LogP contribution in [0.3, 0.4) is 0 Å². The molecule has 0 aliphatic carbocycles. The second kappa shape index (κ2) is 14.8. The molecule has 4 aromatic heterocycles. The maximum atomic E-state index is 10.9. The van der Waals surface area contributed by atoms with Gasteiger partial charge in [-0.1, -0.05) is 107 Å². The molecule has 0 atom stereocenters. The second-order valence-corrected chi connectivity index (χ2v) is 19.9. The Hall–Kier alpha value is -6.28. The Morgan fingerprint density at radius 3 is 0.600 bits per heavy atom. The van der Waals surface area contributed by atoms with E-state index < -0.39 is 0 Å². The van der Waals surface area contributed by atoms with Crippen LogP contribution in [0.1, 0.15) is 106 Å². The van der Waals surface area contributed by atoms with E-state index in [9.17, 15) is 20.4 Å². The molecule has 8 rings (SSSR count). The number of phenols is 4. The van der Waals surface area contributed by atoms with E-state index in [4.69, 9.17) is 19.9 Å². The molecule has 0 fully saturated rings. The summed E-state index contributed by atoms with van der Waals surface area (Å²) in [5.41, 5.74) is 7.81. The van der Waals surface area contributed by atoms with Crippen molar-refractivity contribution in [3.63, 3.8) is 0 Å². The number of hydrogen-bond donors (Lipinski definition) is 4. The SMILES string of the molecule is CC(C)(C)c1ccc2ccc(O)c(-c3c(O)ccc4ccc(C(C)(C)C)nc34)c2n1.CC(C)(C)c1ccc2ccc(O)c(-c3c(O)ccc4ccc(C(C)(C)C)nc34)c2n1. The van der Waals surface area contributed by atoms with Gasteiger partial charge in [-0.2, -0.15) is 0 Å². The van der Waals surface area contributed by atoms with E-state index >= 15 is 0 Å². The molecule has 0 aliphatic rings. The van der Waals surface area contributed by atoms with Gasteiger partial charge in [-0.05, 0) is 72.8 Å². The van der Waals surface area contributed by atoms with Gasteiger partial charge in [0, 0.05) is 66.0 Å². The van der Waals surface area contributed by atoms with Crippen LogP contribution in [0.15, 0.2) is 97.1 Å². The molecule has 4 N–H and O–H groups in total. The lowest BCUT2D eigenvalue weighted by Gasteiger charge is -2.21. The molecule has 4 aromatic carbocycles. The fourth-order valence-electron chi connectivity index (χ4n) is 7.37. The molecule has 0 unspecified atom stereocenters. The minimum Gasteiger partial charge on any atom is -0.507 e. The highest BCUT2D eigenvalue weighted by atomic mass is 16.3. The first-order valence-electron chi connectivity index (χ1n) is 20.5. The minimum atomic E-state index is -0.143. The Morgan fingerprint density at radius 2 is 0.433 bits per heavy atom. The van der Waals surface area contributed by atoms with Crippen LogP contribution in [-0.2, 0) is 21.7 Å². The predicted octanol–water partition coefficient (Wildman–Crippen LogP) is 12.9. The fraction of sp³-hybridized carbons (Fsp3) is 0.308. The van der Waals surface area contributed by atoms with Gasteiger partial charge in [-0.25, -0.2) is 0 Å². The molecule has 0 spiro atoms. The van der Waals surface area contributed by atoms with Crippen molar-refractivity contribution in [3.05, 3.63) is 120 Å². The summed E-state index contributed by atoms with van der Waals surface area (Å²) in [6.45, 7) is 25.3. The molecule has 8 aromatic rings. The number of fused-ring (bicyclic) bond motifs is 4. The summed E-state index contributed by atoms with van der Waals surface area (Å²) in [4.78, 5) is 19.6. The first kappa shape index (κ1) is 41.9. The van der Waals surface area contributed by atoms with Crippen LogP contribution in [0.4, 0.5) is 0 Å². The zero-order valence-electron chi connectivity index (χ0n) is 36.8. The zero-order valence-corrected chi connectivity index (χ0v) is 36.8. The van der Waals surface area contributed by atoms with Gasteiger partial charge in [0.25, 0.3) is 0 Å². The molecule has 60 heavy (non-hydrogen) atoms. The first-order chi connectivity index (χ1) is 27.9. The van der Waals surface area contributed by atoms with E-state index in [0.29, 0.717) is 44.3 Å². The van der Waals surface area contributed by atoms with Crippen molar-refractivity contribution in [2.45, 2.75) is 105 Å². The average Bonchev–Trinajstić information content (AvgIpc) is 3.16. The summed E-state index contributed by atoms with van der Waals surface area (Å²) >= 11 is 0. The third-order valence-corrected chi connectivity index (χ3v) is 10.9. The molecule has 0 saturated carbocycles. The molecule has 8 heteroatoms. The number of hydrogen-bond acceptors (Lipinski definition) is 8. The number of aromatic hydroxyl groups is 4. The largest absolute Gasteiger partial charge is 0.507 e. The highest BCUT2D eigenvalue weighted by Gasteiger charge is 2.25. The summed E-state index contributed by atoms with van der Waals surface area (Å²) < 4.78 is 0. The van der Waals surface area contributed by atoms with Gasteiger partial charge in [-0.3, -0.25) is 19.9 Å². The second-order valence-electron chi connectivity index (χ2n) is 19.9. The smallest absolute Gasteiger partial charge is 0.125 e. The van der Waals surface area contributed by atoms with Gasteiger partial charge in [0.05, 0.1) is 44.3 Å². The number of rotatable bonds is 2. The maximum Gasteiger partial charge on any atom is 0.125 e. The van der Waals surface area contributed by atoms with E-state index in [0.717, 1.165) is 44.3 Å². The number of phenolic OH excluding ortho intramolecular Hbond substituents is 4. The molecule has 0 bridgehead atoms. The van der Waals surface area contributed by atoms with Gasteiger partial charge in [-0.15, -0.1) is 0 Å². The van der Waals surface area contributed by atoms with Gasteiger partial charge in [0.1, 0.15) is 23.0 Å². The van der Waals surface area contributed by atoms with Crippen molar-refractivity contribution in [1.82, 2.24) is 19.9 Å². The van der Waals surface area contributed by atoms with Gasteiger partial charge in [0.15, 0.2) is 0 Å². The highest BCUT2D eigenvalue weighted by Crippen LogP contribution is 2.46. The maximum absolute atomic E-state index is 10.9. The van der Waals surface area contributed by atoms with E-state index in [1.807, 2.05) is 72.8 Å². The standard InChI is InChI=1S/2C26H28N2O2/c2*1-25(2,3)19-13-9-15-7-11-17(29)21(23(15)27-19)22-18(30)12-8-16-10-14-20(26(4,5)6)28-24(16)22/h2*7-14,29-30H,1-6H3. The predicted molar refractivity (Wildman–Crippen MR) is 246 cm³/mol. The molecule has 0 radical (unpaired) electrons. The lowest BCUT2D eigenvalue weighted by Crippen LogP contribution is -2.13. The quantitative estimate of drug-likeness (QED) is 0.136. The molecule has 8 nitrogen and oxygen atoms in total. The van der Waals surface area contributed by atoms with Crippen molar-refractivity contribution in [3.8, 4) is 45.3 Å². The first-order valence-corrected chi connectivity index (χ1v) is 20.5. The van der Waals surface area contributed by atoms with E-state index in [1.54, 1.807) is 24.3 Å². The molecular weight excluding hydrogens is 745 g/mol. The Kier molecular flexibility index (Phi) is 10.3. The van der Waals surface area contributed by atoms with Crippen LogP contribution in [0.5, 0.6) is 23.0 Å². The third kappa shape index (κ3) is 7.91. The number of pyridine rings is 4. The number of nitrogens with zero attached hydrogens (tertiary/aromatic N) is 4. The topological polar surface area (TPSA) is 132 Å². The Bertz CT molecular complexity index is 2560. The van der Waals surface area contributed by atoms with Crippen LogP contribution in [0.25, 0.3) is 65.9 Å².